The molecule has 0 aliphatic heterocycles. The molecule has 0 radical (unpaired) electrons. The molecule has 0 rings (SSSR count). The molecule has 1 unspecified atom stereocenters. The minimum absolute atomic E-state index is 0.320. The van der Waals surface area contributed by atoms with Gasteiger partial charge in [0, 0.05) is 6.42 Å². The van der Waals surface area contributed by atoms with E-state index in [1.165, 1.54) is 64.2 Å². The minimum Gasteiger partial charge on any atom is -0.480 e. The van der Waals surface area contributed by atoms with Crippen LogP contribution in [0.2, 0.25) is 0 Å². The van der Waals surface area contributed by atoms with E-state index in [1.54, 1.807) is 0 Å². The highest BCUT2D eigenvalue weighted by Gasteiger charge is 2.26. The fraction of sp³-hybridized carbons (Fsp3) is 0.950. The second kappa shape index (κ2) is 16.8. The number of rotatable bonds is 18. The number of hydrogen-bond donors (Lipinski definition) is 3. The summed E-state index contributed by atoms with van der Waals surface area (Å²) in [7, 11) is 0. The Kier molecular flexibility index (Phi) is 16.4. The zero-order valence-electron chi connectivity index (χ0n) is 16.7. The van der Waals surface area contributed by atoms with Gasteiger partial charge in [0.1, 0.15) is 6.04 Å². The predicted octanol–water partition coefficient (Wildman–Crippen LogP) is 4.10. The largest absolute Gasteiger partial charge is 0.480 e. The second-order valence-electron chi connectivity index (χ2n) is 7.33. The van der Waals surface area contributed by atoms with Crippen LogP contribution in [0.25, 0.3) is 0 Å². The summed E-state index contributed by atoms with van der Waals surface area (Å²) in [6, 6.07) is -0.550. The van der Waals surface area contributed by atoms with E-state index in [2.05, 4.69) is 18.7 Å². The van der Waals surface area contributed by atoms with Gasteiger partial charge in [0.2, 0.25) is 0 Å². The SMILES string of the molecule is CCCCCCCCN(CCCCCCCC)C(CC(N)N)C(=O)O. The standard InChI is InChI=1S/C20H43N3O2/c1-3-5-7-9-11-13-15-23(16-14-12-10-8-6-4-2)18(20(24)25)17-19(21)22/h18-19H,3-17,21-22H2,1-2H3,(H,24,25). The maximum absolute atomic E-state index is 11.7. The van der Waals surface area contributed by atoms with E-state index in [0.717, 1.165) is 25.9 Å². The first-order chi connectivity index (χ1) is 12.0. The molecule has 5 heteroatoms. The number of carboxylic acid groups (broad SMARTS) is 1. The number of nitrogens with two attached hydrogens (primary N) is 2. The van der Waals surface area contributed by atoms with Gasteiger partial charge in [0.25, 0.3) is 0 Å². The molecule has 0 fully saturated rings. The van der Waals surface area contributed by atoms with E-state index < -0.39 is 18.2 Å². The molecule has 0 saturated carbocycles. The molecule has 5 N–H and O–H groups in total. The topological polar surface area (TPSA) is 92.6 Å². The van der Waals surface area contributed by atoms with Crippen molar-refractivity contribution in [3.8, 4) is 0 Å². The first kappa shape index (κ1) is 24.4. The molecule has 0 saturated heterocycles. The molecule has 150 valence electrons. The maximum Gasteiger partial charge on any atom is 0.321 e. The monoisotopic (exact) mass is 357 g/mol. The Morgan fingerprint density at radius 2 is 1.20 bits per heavy atom. The van der Waals surface area contributed by atoms with Gasteiger partial charge in [-0.25, -0.2) is 0 Å². The summed E-state index contributed by atoms with van der Waals surface area (Å²) in [4.78, 5) is 13.8. The average molecular weight is 358 g/mol. The molecular weight excluding hydrogens is 314 g/mol. The number of hydrogen-bond acceptors (Lipinski definition) is 4. The van der Waals surface area contributed by atoms with Gasteiger partial charge in [-0.15, -0.1) is 0 Å². The second-order valence-corrected chi connectivity index (χ2v) is 7.33. The van der Waals surface area contributed by atoms with Crippen LogP contribution in [-0.2, 0) is 4.79 Å². The quantitative estimate of drug-likeness (QED) is 0.254. The smallest absolute Gasteiger partial charge is 0.321 e. The van der Waals surface area contributed by atoms with Crippen molar-refractivity contribution in [3.05, 3.63) is 0 Å². The molecule has 0 bridgehead atoms. The van der Waals surface area contributed by atoms with Crippen molar-refractivity contribution in [2.45, 2.75) is 110 Å². The number of nitrogens with zero attached hydrogens (tertiary/aromatic N) is 1. The fourth-order valence-electron chi connectivity index (χ4n) is 3.28. The summed E-state index contributed by atoms with van der Waals surface area (Å²) >= 11 is 0. The minimum atomic E-state index is -0.794. The average Bonchev–Trinajstić information content (AvgIpc) is 2.56. The lowest BCUT2D eigenvalue weighted by Crippen LogP contribution is -2.47. The third-order valence-corrected chi connectivity index (χ3v) is 4.82. The van der Waals surface area contributed by atoms with E-state index in [9.17, 15) is 9.90 Å². The van der Waals surface area contributed by atoms with E-state index in [-0.39, 0.29) is 0 Å². The van der Waals surface area contributed by atoms with Crippen LogP contribution < -0.4 is 11.5 Å². The van der Waals surface area contributed by atoms with Gasteiger partial charge in [-0.3, -0.25) is 9.69 Å². The first-order valence-corrected chi connectivity index (χ1v) is 10.5. The molecule has 0 spiro atoms. The Labute approximate surface area is 155 Å². The van der Waals surface area contributed by atoms with Crippen molar-refractivity contribution in [2.24, 2.45) is 11.5 Å². The summed E-state index contributed by atoms with van der Waals surface area (Å²) < 4.78 is 0. The van der Waals surface area contributed by atoms with Crippen molar-refractivity contribution in [2.75, 3.05) is 13.1 Å². The molecule has 0 aliphatic rings. The van der Waals surface area contributed by atoms with E-state index in [4.69, 9.17) is 11.5 Å². The summed E-state index contributed by atoms with van der Waals surface area (Å²) in [5.74, 6) is -0.794. The van der Waals surface area contributed by atoms with E-state index >= 15 is 0 Å². The number of unbranched alkanes of at least 4 members (excludes halogenated alkanes) is 10. The van der Waals surface area contributed by atoms with Crippen LogP contribution in [0.4, 0.5) is 0 Å². The van der Waals surface area contributed by atoms with E-state index in [1.807, 2.05) is 0 Å². The van der Waals surface area contributed by atoms with Gasteiger partial charge in [0.15, 0.2) is 0 Å². The van der Waals surface area contributed by atoms with Crippen LogP contribution in [0.1, 0.15) is 97.3 Å². The highest BCUT2D eigenvalue weighted by molar-refractivity contribution is 5.73. The third-order valence-electron chi connectivity index (χ3n) is 4.82. The number of carboxylic acids is 1. The van der Waals surface area contributed by atoms with Gasteiger partial charge < -0.3 is 16.6 Å². The van der Waals surface area contributed by atoms with Crippen LogP contribution in [0.3, 0.4) is 0 Å². The van der Waals surface area contributed by atoms with E-state index in [0.29, 0.717) is 6.42 Å². The zero-order valence-corrected chi connectivity index (χ0v) is 16.7. The van der Waals surface area contributed by atoms with Gasteiger partial charge in [-0.2, -0.15) is 0 Å². The van der Waals surface area contributed by atoms with Crippen molar-refractivity contribution < 1.29 is 9.90 Å². The van der Waals surface area contributed by atoms with Crippen molar-refractivity contribution in [1.82, 2.24) is 4.90 Å². The Hall–Kier alpha value is -0.650. The van der Waals surface area contributed by atoms with Gasteiger partial charge >= 0.3 is 5.97 Å². The van der Waals surface area contributed by atoms with Gasteiger partial charge in [-0.05, 0) is 25.9 Å². The maximum atomic E-state index is 11.7. The zero-order chi connectivity index (χ0) is 18.9. The molecular formula is C20H43N3O2. The lowest BCUT2D eigenvalue weighted by atomic mass is 10.1. The molecule has 1 atom stereocenters. The summed E-state index contributed by atoms with van der Waals surface area (Å²) in [6.45, 7) is 6.11. The van der Waals surface area contributed by atoms with Crippen molar-refractivity contribution in [3.63, 3.8) is 0 Å². The summed E-state index contributed by atoms with van der Waals surface area (Å²) in [6.07, 6.45) is 14.3. The molecule has 0 aromatic heterocycles. The van der Waals surface area contributed by atoms with Gasteiger partial charge in [0.05, 0.1) is 6.17 Å². The van der Waals surface area contributed by atoms with Crippen molar-refractivity contribution >= 4 is 5.97 Å². The number of carbonyl (C=O) groups is 1. The van der Waals surface area contributed by atoms with Crippen LogP contribution >= 0.6 is 0 Å². The lowest BCUT2D eigenvalue weighted by Gasteiger charge is -2.30. The Morgan fingerprint density at radius 1 is 0.800 bits per heavy atom. The fourth-order valence-corrected chi connectivity index (χ4v) is 3.28. The Bertz CT molecular complexity index is 295. The molecule has 5 nitrogen and oxygen atoms in total. The highest BCUT2D eigenvalue weighted by Crippen LogP contribution is 2.13. The normalized spacial score (nSPS) is 12.9. The van der Waals surface area contributed by atoms with Crippen LogP contribution in [0, 0.1) is 0 Å². The van der Waals surface area contributed by atoms with Crippen LogP contribution in [0.15, 0.2) is 0 Å². The Morgan fingerprint density at radius 3 is 1.56 bits per heavy atom. The molecule has 0 aromatic rings. The number of aliphatic carboxylic acids is 1. The predicted molar refractivity (Wildman–Crippen MR) is 107 cm³/mol. The first-order valence-electron chi connectivity index (χ1n) is 10.5. The molecule has 0 amide bonds. The summed E-state index contributed by atoms with van der Waals surface area (Å²) in [5, 5.41) is 9.59. The summed E-state index contributed by atoms with van der Waals surface area (Å²) in [5.41, 5.74) is 11.4. The molecule has 0 heterocycles. The molecule has 25 heavy (non-hydrogen) atoms. The Balaban J connectivity index is 4.34. The molecule has 0 aliphatic carbocycles. The highest BCUT2D eigenvalue weighted by atomic mass is 16.4. The lowest BCUT2D eigenvalue weighted by molar-refractivity contribution is -0.143. The van der Waals surface area contributed by atoms with Crippen LogP contribution in [0.5, 0.6) is 0 Å². The van der Waals surface area contributed by atoms with Gasteiger partial charge in [-0.1, -0.05) is 78.1 Å². The van der Waals surface area contributed by atoms with Crippen molar-refractivity contribution in [1.29, 1.82) is 0 Å². The molecule has 0 aromatic carbocycles. The van der Waals surface area contributed by atoms with Crippen LogP contribution in [-0.4, -0.2) is 41.3 Å². The third kappa shape index (κ3) is 14.2.